The van der Waals surface area contributed by atoms with Crippen LogP contribution >= 0.6 is 11.3 Å². The first-order valence-electron chi connectivity index (χ1n) is 8.33. The molecule has 0 saturated carbocycles. The molecule has 2 aromatic heterocycles. The molecule has 1 amide bonds. The minimum Gasteiger partial charge on any atom is -0.452 e. The Labute approximate surface area is 156 Å². The van der Waals surface area contributed by atoms with Gasteiger partial charge in [0.25, 0.3) is 5.91 Å². The fourth-order valence-electron chi connectivity index (χ4n) is 2.93. The standard InChI is InChI=1S/C20H20N2O3S/c1-12-15-7-4-5-8-16(15)21-14(3)19(12)20(24)25-11-18(23)22-13(2)17-9-6-10-26-17/h4-10,13H,11H2,1-3H3,(H,22,23)/t13-/m0/s1. The van der Waals surface area contributed by atoms with Gasteiger partial charge < -0.3 is 10.1 Å². The van der Waals surface area contributed by atoms with Gasteiger partial charge in [-0.2, -0.15) is 0 Å². The number of nitrogens with zero attached hydrogens (tertiary/aromatic N) is 1. The predicted octanol–water partition coefficient (Wildman–Crippen LogP) is 3.95. The molecule has 26 heavy (non-hydrogen) atoms. The van der Waals surface area contributed by atoms with Gasteiger partial charge in [-0.3, -0.25) is 9.78 Å². The second-order valence-electron chi connectivity index (χ2n) is 6.10. The number of esters is 1. The molecule has 1 atom stereocenters. The Morgan fingerprint density at radius 1 is 1.19 bits per heavy atom. The molecule has 3 aromatic rings. The average Bonchev–Trinajstić information content (AvgIpc) is 3.15. The molecule has 1 N–H and O–H groups in total. The number of hydrogen-bond acceptors (Lipinski definition) is 5. The van der Waals surface area contributed by atoms with E-state index in [4.69, 9.17) is 4.74 Å². The van der Waals surface area contributed by atoms with Gasteiger partial charge in [-0.25, -0.2) is 4.79 Å². The number of fused-ring (bicyclic) bond motifs is 1. The van der Waals surface area contributed by atoms with Crippen molar-refractivity contribution in [3.8, 4) is 0 Å². The molecule has 0 fully saturated rings. The molecule has 0 aliphatic carbocycles. The highest BCUT2D eigenvalue weighted by Gasteiger charge is 2.19. The number of rotatable bonds is 5. The molecular formula is C20H20N2O3S. The Morgan fingerprint density at radius 3 is 2.69 bits per heavy atom. The van der Waals surface area contributed by atoms with Crippen molar-refractivity contribution in [1.82, 2.24) is 10.3 Å². The van der Waals surface area contributed by atoms with Crippen LogP contribution in [0.5, 0.6) is 0 Å². The highest BCUT2D eigenvalue weighted by Crippen LogP contribution is 2.23. The van der Waals surface area contributed by atoms with Gasteiger partial charge in [0.1, 0.15) is 0 Å². The lowest BCUT2D eigenvalue weighted by atomic mass is 10.0. The van der Waals surface area contributed by atoms with E-state index in [9.17, 15) is 9.59 Å². The monoisotopic (exact) mass is 368 g/mol. The van der Waals surface area contributed by atoms with Crippen LogP contribution in [0.15, 0.2) is 41.8 Å². The molecular weight excluding hydrogens is 348 g/mol. The first kappa shape index (κ1) is 18.1. The van der Waals surface area contributed by atoms with Gasteiger partial charge in [0.05, 0.1) is 22.8 Å². The van der Waals surface area contributed by atoms with Crippen molar-refractivity contribution < 1.29 is 14.3 Å². The summed E-state index contributed by atoms with van der Waals surface area (Å²) in [7, 11) is 0. The van der Waals surface area contributed by atoms with Crippen LogP contribution in [0, 0.1) is 13.8 Å². The molecule has 134 valence electrons. The van der Waals surface area contributed by atoms with E-state index in [1.54, 1.807) is 18.3 Å². The van der Waals surface area contributed by atoms with Crippen LogP contribution in [0.4, 0.5) is 0 Å². The van der Waals surface area contributed by atoms with Crippen LogP contribution in [0.25, 0.3) is 10.9 Å². The maximum absolute atomic E-state index is 12.5. The number of carbonyl (C=O) groups is 2. The number of aryl methyl sites for hydroxylation is 2. The zero-order valence-corrected chi connectivity index (χ0v) is 15.7. The van der Waals surface area contributed by atoms with Crippen LogP contribution in [0.2, 0.25) is 0 Å². The third-order valence-electron chi connectivity index (χ3n) is 4.22. The summed E-state index contributed by atoms with van der Waals surface area (Å²) in [5, 5.41) is 5.68. The van der Waals surface area contributed by atoms with Gasteiger partial charge in [0.15, 0.2) is 6.61 Å². The Balaban J connectivity index is 1.68. The minimum atomic E-state index is -0.530. The molecule has 0 radical (unpaired) electrons. The van der Waals surface area contributed by atoms with E-state index >= 15 is 0 Å². The number of thiophene rings is 1. The number of ether oxygens (including phenoxy) is 1. The van der Waals surface area contributed by atoms with Crippen molar-refractivity contribution in [2.45, 2.75) is 26.8 Å². The van der Waals surface area contributed by atoms with Crippen LogP contribution in [-0.4, -0.2) is 23.5 Å². The van der Waals surface area contributed by atoms with Crippen LogP contribution in [0.3, 0.4) is 0 Å². The Hall–Kier alpha value is -2.73. The topological polar surface area (TPSA) is 68.3 Å². The fourth-order valence-corrected chi connectivity index (χ4v) is 3.66. The third-order valence-corrected chi connectivity index (χ3v) is 5.27. The Morgan fingerprint density at radius 2 is 1.96 bits per heavy atom. The lowest BCUT2D eigenvalue weighted by molar-refractivity contribution is -0.124. The smallest absolute Gasteiger partial charge is 0.340 e. The molecule has 0 unspecified atom stereocenters. The molecule has 0 bridgehead atoms. The summed E-state index contributed by atoms with van der Waals surface area (Å²) in [6, 6.07) is 11.4. The highest BCUT2D eigenvalue weighted by molar-refractivity contribution is 7.10. The molecule has 3 rings (SSSR count). The van der Waals surface area contributed by atoms with Crippen LogP contribution < -0.4 is 5.32 Å². The summed E-state index contributed by atoms with van der Waals surface area (Å²) in [6.07, 6.45) is 0. The molecule has 0 aliphatic heterocycles. The molecule has 0 aliphatic rings. The van der Waals surface area contributed by atoms with Gasteiger partial charge in [-0.05, 0) is 43.8 Å². The Kier molecular flexibility index (Phi) is 5.32. The van der Waals surface area contributed by atoms with E-state index in [0.717, 1.165) is 21.3 Å². The number of benzene rings is 1. The second-order valence-corrected chi connectivity index (χ2v) is 7.07. The maximum atomic E-state index is 12.5. The quantitative estimate of drug-likeness (QED) is 0.693. The number of aromatic nitrogens is 1. The first-order chi connectivity index (χ1) is 12.5. The molecule has 2 heterocycles. The Bertz CT molecular complexity index is 951. The number of carbonyl (C=O) groups excluding carboxylic acids is 2. The number of para-hydroxylation sites is 1. The lowest BCUT2D eigenvalue weighted by Crippen LogP contribution is -2.31. The number of pyridine rings is 1. The zero-order valence-electron chi connectivity index (χ0n) is 14.9. The van der Waals surface area contributed by atoms with E-state index in [2.05, 4.69) is 10.3 Å². The number of amides is 1. The summed E-state index contributed by atoms with van der Waals surface area (Å²) >= 11 is 1.57. The van der Waals surface area contributed by atoms with Gasteiger partial charge in [0, 0.05) is 10.3 Å². The van der Waals surface area contributed by atoms with E-state index < -0.39 is 5.97 Å². The van der Waals surface area contributed by atoms with Crippen molar-refractivity contribution in [3.05, 3.63) is 63.5 Å². The lowest BCUT2D eigenvalue weighted by Gasteiger charge is -2.14. The van der Waals surface area contributed by atoms with Crippen LogP contribution in [-0.2, 0) is 9.53 Å². The normalized spacial score (nSPS) is 12.0. The molecule has 1 aromatic carbocycles. The zero-order chi connectivity index (χ0) is 18.7. The number of nitrogens with one attached hydrogen (secondary N) is 1. The number of hydrogen-bond donors (Lipinski definition) is 1. The van der Waals surface area contributed by atoms with E-state index in [1.807, 2.05) is 55.6 Å². The summed E-state index contributed by atoms with van der Waals surface area (Å²) in [6.45, 7) is 5.22. The predicted molar refractivity (Wildman–Crippen MR) is 102 cm³/mol. The van der Waals surface area contributed by atoms with Gasteiger partial charge in [-0.1, -0.05) is 24.3 Å². The van der Waals surface area contributed by atoms with Crippen LogP contribution in [0.1, 0.15) is 39.5 Å². The summed E-state index contributed by atoms with van der Waals surface area (Å²) in [4.78, 5) is 30.1. The van der Waals surface area contributed by atoms with Gasteiger partial charge in [-0.15, -0.1) is 11.3 Å². The summed E-state index contributed by atoms with van der Waals surface area (Å²) < 4.78 is 5.23. The highest BCUT2D eigenvalue weighted by atomic mass is 32.1. The minimum absolute atomic E-state index is 0.119. The van der Waals surface area contributed by atoms with Crippen molar-refractivity contribution >= 4 is 34.1 Å². The van der Waals surface area contributed by atoms with E-state index in [0.29, 0.717) is 11.3 Å². The molecule has 6 heteroatoms. The van der Waals surface area contributed by atoms with Crippen molar-refractivity contribution in [2.75, 3.05) is 6.61 Å². The SMILES string of the molecule is Cc1nc2ccccc2c(C)c1C(=O)OCC(=O)N[C@@H](C)c1cccs1. The molecule has 0 spiro atoms. The summed E-state index contributed by atoms with van der Waals surface area (Å²) in [5.41, 5.74) is 2.66. The van der Waals surface area contributed by atoms with Crippen molar-refractivity contribution in [2.24, 2.45) is 0 Å². The fraction of sp³-hybridized carbons (Fsp3) is 0.250. The molecule has 5 nitrogen and oxygen atoms in total. The van der Waals surface area contributed by atoms with Crippen molar-refractivity contribution in [3.63, 3.8) is 0 Å². The molecule has 0 saturated heterocycles. The van der Waals surface area contributed by atoms with E-state index in [-0.39, 0.29) is 18.6 Å². The third kappa shape index (κ3) is 3.75. The van der Waals surface area contributed by atoms with Gasteiger partial charge >= 0.3 is 5.97 Å². The van der Waals surface area contributed by atoms with Crippen molar-refractivity contribution in [1.29, 1.82) is 0 Å². The largest absolute Gasteiger partial charge is 0.452 e. The maximum Gasteiger partial charge on any atom is 0.340 e. The first-order valence-corrected chi connectivity index (χ1v) is 9.21. The van der Waals surface area contributed by atoms with Gasteiger partial charge in [0.2, 0.25) is 0 Å². The second kappa shape index (κ2) is 7.66. The summed E-state index contributed by atoms with van der Waals surface area (Å²) in [5.74, 6) is -0.861. The average molecular weight is 368 g/mol. The van der Waals surface area contributed by atoms with E-state index in [1.165, 1.54) is 0 Å².